The Morgan fingerprint density at radius 2 is 1.28 bits per heavy atom. The molecule has 1 nitrogen and oxygen atoms in total. The Hall–Kier alpha value is -2.10. The molecule has 3 aromatic carbocycles. The van der Waals surface area contributed by atoms with Gasteiger partial charge in [-0.1, -0.05) is 0 Å². The fraction of sp³-hybridized carbons (Fsp3) is 0.185. The van der Waals surface area contributed by atoms with Crippen LogP contribution in [0, 0.1) is 0 Å². The van der Waals surface area contributed by atoms with Crippen molar-refractivity contribution in [1.29, 1.82) is 0 Å². The van der Waals surface area contributed by atoms with E-state index in [0.29, 0.717) is 0 Å². The molecule has 3 aromatic rings. The van der Waals surface area contributed by atoms with Gasteiger partial charge in [-0.05, 0) is 0 Å². The van der Waals surface area contributed by atoms with Crippen molar-refractivity contribution in [3.05, 3.63) is 113 Å². The van der Waals surface area contributed by atoms with Crippen LogP contribution >= 0.6 is 0 Å². The zero-order valence-corrected chi connectivity index (χ0v) is 19.9. The van der Waals surface area contributed by atoms with E-state index < -0.39 is 18.4 Å². The molecule has 0 N–H and O–H groups in total. The van der Waals surface area contributed by atoms with E-state index >= 15 is 0 Å². The van der Waals surface area contributed by atoms with E-state index in [1.807, 2.05) is 6.08 Å². The molecule has 0 aliphatic carbocycles. The van der Waals surface area contributed by atoms with Crippen molar-refractivity contribution in [2.75, 3.05) is 6.61 Å². The molecule has 0 aromatic heterocycles. The van der Waals surface area contributed by atoms with Crippen LogP contribution in [-0.2, 0) is 4.74 Å². The Balaban J connectivity index is 2.04. The van der Waals surface area contributed by atoms with Crippen molar-refractivity contribution < 1.29 is 4.74 Å². The Bertz CT molecular complexity index is 882. The zero-order valence-electron chi connectivity index (χ0n) is 17.1. The van der Waals surface area contributed by atoms with E-state index in [2.05, 4.69) is 109 Å². The minimum absolute atomic E-state index is 0.248. The molecule has 29 heavy (non-hydrogen) atoms. The van der Waals surface area contributed by atoms with Gasteiger partial charge in [0.05, 0.1) is 0 Å². The molecule has 0 bridgehead atoms. The Labute approximate surface area is 178 Å². The molecule has 1 heterocycles. The van der Waals surface area contributed by atoms with Gasteiger partial charge >= 0.3 is 179 Å². The summed E-state index contributed by atoms with van der Waals surface area (Å²) in [5.74, 6) is 0. The van der Waals surface area contributed by atoms with Gasteiger partial charge in [-0.25, -0.2) is 0 Å². The normalized spacial score (nSPS) is 20.7. The maximum absolute atomic E-state index is 6.24. The number of rotatable bonds is 6. The van der Waals surface area contributed by atoms with Crippen LogP contribution in [0.3, 0.4) is 0 Å². The average molecular weight is 487 g/mol. The minimum atomic E-state index is -3.41. The van der Waals surface area contributed by atoms with Crippen molar-refractivity contribution in [2.24, 2.45) is 0 Å². The molecule has 1 saturated heterocycles. The first-order chi connectivity index (χ1) is 14.2. The SMILES string of the molecule is C=CCC1(C)OCC/C1=[CH]\[Sn]([c]1ccccc1)([c]1ccccc1)[c]1ccccc1. The van der Waals surface area contributed by atoms with Crippen molar-refractivity contribution in [2.45, 2.75) is 25.4 Å². The van der Waals surface area contributed by atoms with Gasteiger partial charge in [0.2, 0.25) is 0 Å². The van der Waals surface area contributed by atoms with Crippen molar-refractivity contribution >= 4 is 29.1 Å². The number of benzene rings is 3. The third kappa shape index (κ3) is 3.86. The van der Waals surface area contributed by atoms with Gasteiger partial charge in [0, 0.05) is 0 Å². The van der Waals surface area contributed by atoms with Gasteiger partial charge in [-0.2, -0.15) is 0 Å². The molecule has 1 fully saturated rings. The first kappa shape index (κ1) is 20.2. The maximum atomic E-state index is 6.24. The monoisotopic (exact) mass is 488 g/mol. The molecular weight excluding hydrogens is 459 g/mol. The molecule has 1 unspecified atom stereocenters. The molecule has 2 heteroatoms. The van der Waals surface area contributed by atoms with Crippen LogP contribution in [0.4, 0.5) is 0 Å². The topological polar surface area (TPSA) is 9.23 Å². The summed E-state index contributed by atoms with van der Waals surface area (Å²) in [4.78, 5) is 0. The summed E-state index contributed by atoms with van der Waals surface area (Å²) < 4.78 is 13.3. The summed E-state index contributed by atoms with van der Waals surface area (Å²) in [5, 5.41) is 0. The zero-order chi connectivity index (χ0) is 20.2. The molecule has 0 amide bonds. The average Bonchev–Trinajstić information content (AvgIpc) is 3.13. The fourth-order valence-corrected chi connectivity index (χ4v) is 17.8. The molecule has 1 atom stereocenters. The van der Waals surface area contributed by atoms with E-state index in [0.717, 1.165) is 19.4 Å². The summed E-state index contributed by atoms with van der Waals surface area (Å²) in [7, 11) is 0. The molecule has 0 saturated carbocycles. The van der Waals surface area contributed by atoms with E-state index in [-0.39, 0.29) is 5.60 Å². The summed E-state index contributed by atoms with van der Waals surface area (Å²) in [6, 6.07) is 33.4. The first-order valence-electron chi connectivity index (χ1n) is 10.3. The summed E-state index contributed by atoms with van der Waals surface area (Å²) in [6.07, 6.45) is 3.83. The van der Waals surface area contributed by atoms with Gasteiger partial charge in [0.1, 0.15) is 0 Å². The van der Waals surface area contributed by atoms with Crippen molar-refractivity contribution in [3.8, 4) is 0 Å². The van der Waals surface area contributed by atoms with Gasteiger partial charge < -0.3 is 0 Å². The Morgan fingerprint density at radius 3 is 1.69 bits per heavy atom. The number of ether oxygens (including phenoxy) is 1. The standard InChI is InChI=1S/C9H13O.3C6H5.Sn/c1-4-6-9(3)8(2)5-7-10-9;3*1-2-4-6-5-3-1;/h2,4H,1,5-7H2,3H3;3*1-5H;. The molecule has 146 valence electrons. The Kier molecular flexibility index (Phi) is 6.07. The van der Waals surface area contributed by atoms with E-state index in [1.54, 1.807) is 0 Å². The van der Waals surface area contributed by atoms with Crippen LogP contribution < -0.4 is 10.7 Å². The third-order valence-electron chi connectivity index (χ3n) is 6.08. The second kappa shape index (κ2) is 8.72. The molecule has 4 rings (SSSR count). The predicted molar refractivity (Wildman–Crippen MR) is 126 cm³/mol. The van der Waals surface area contributed by atoms with Crippen LogP contribution in [0.15, 0.2) is 113 Å². The molecule has 0 spiro atoms. The van der Waals surface area contributed by atoms with Crippen LogP contribution in [-0.4, -0.2) is 30.6 Å². The number of hydrogen-bond acceptors (Lipinski definition) is 1. The summed E-state index contributed by atoms with van der Waals surface area (Å²) in [5.41, 5.74) is 1.19. The van der Waals surface area contributed by atoms with Crippen molar-refractivity contribution in [1.82, 2.24) is 0 Å². The van der Waals surface area contributed by atoms with Crippen LogP contribution in [0.5, 0.6) is 0 Å². The third-order valence-corrected chi connectivity index (χ3v) is 19.0. The van der Waals surface area contributed by atoms with E-state index in [1.165, 1.54) is 16.3 Å². The predicted octanol–water partition coefficient (Wildman–Crippen LogP) is 4.38. The molecule has 0 radical (unpaired) electrons. The van der Waals surface area contributed by atoms with Crippen LogP contribution in [0.1, 0.15) is 19.8 Å². The van der Waals surface area contributed by atoms with Crippen molar-refractivity contribution in [3.63, 3.8) is 0 Å². The molecule has 1 aliphatic rings. The van der Waals surface area contributed by atoms with Crippen LogP contribution in [0.2, 0.25) is 0 Å². The second-order valence-electron chi connectivity index (χ2n) is 7.90. The quantitative estimate of drug-likeness (QED) is 0.371. The van der Waals surface area contributed by atoms with Gasteiger partial charge in [-0.3, -0.25) is 0 Å². The van der Waals surface area contributed by atoms with E-state index in [4.69, 9.17) is 4.74 Å². The van der Waals surface area contributed by atoms with Crippen LogP contribution in [0.25, 0.3) is 0 Å². The van der Waals surface area contributed by atoms with E-state index in [9.17, 15) is 0 Å². The Morgan fingerprint density at radius 1 is 0.828 bits per heavy atom. The van der Waals surface area contributed by atoms with Gasteiger partial charge in [-0.15, -0.1) is 0 Å². The van der Waals surface area contributed by atoms with Gasteiger partial charge in [0.25, 0.3) is 0 Å². The van der Waals surface area contributed by atoms with Gasteiger partial charge in [0.15, 0.2) is 0 Å². The number of hydrogen-bond donors (Lipinski definition) is 0. The second-order valence-corrected chi connectivity index (χ2v) is 18.3. The summed E-state index contributed by atoms with van der Waals surface area (Å²) in [6.45, 7) is 7.00. The molecular formula is C27H28OSn. The molecule has 1 aliphatic heterocycles. The fourth-order valence-electron chi connectivity index (χ4n) is 4.55. The summed E-state index contributed by atoms with van der Waals surface area (Å²) >= 11 is -3.41. The first-order valence-corrected chi connectivity index (χ1v) is 16.3.